The van der Waals surface area contributed by atoms with Crippen LogP contribution in [0.5, 0.6) is 5.75 Å². The maximum Gasteiger partial charge on any atom is 0.511 e. The predicted octanol–water partition coefficient (Wildman–Crippen LogP) is 6.15. The number of ether oxygens (including phenoxy) is 1. The van der Waals surface area contributed by atoms with Gasteiger partial charge in [-0.1, -0.05) is 29.8 Å². The summed E-state index contributed by atoms with van der Waals surface area (Å²) in [6.45, 7) is 1.64. The molecule has 1 aliphatic carbocycles. The van der Waals surface area contributed by atoms with Gasteiger partial charge in [0.1, 0.15) is 11.8 Å². The molecule has 0 radical (unpaired) electrons. The number of nitrogens with zero attached hydrogens (tertiary/aromatic N) is 4. The molecule has 1 unspecified atom stereocenters. The normalized spacial score (nSPS) is 17.7. The molecule has 1 aromatic heterocycles. The lowest BCUT2D eigenvalue weighted by atomic mass is 10.0. The number of hydrogen-bond donors (Lipinski definition) is 1. The van der Waals surface area contributed by atoms with Crippen LogP contribution in [-0.2, 0) is 6.42 Å². The highest BCUT2D eigenvalue weighted by Gasteiger charge is 2.46. The second-order valence-electron chi connectivity index (χ2n) is 10.4. The van der Waals surface area contributed by atoms with Crippen molar-refractivity contribution in [1.29, 1.82) is 0 Å². The number of benzene rings is 2. The summed E-state index contributed by atoms with van der Waals surface area (Å²) in [6.07, 6.45) is 5.45. The zero-order valence-corrected chi connectivity index (χ0v) is 22.3. The molecule has 1 saturated heterocycles. The molecule has 2 aromatic carbocycles. The smallest absolute Gasteiger partial charge is 0.449 e. The quantitative estimate of drug-likeness (QED) is 0.240. The van der Waals surface area contributed by atoms with Crippen molar-refractivity contribution < 1.29 is 23.9 Å². The van der Waals surface area contributed by atoms with Crippen molar-refractivity contribution >= 4 is 35.2 Å². The fourth-order valence-electron chi connectivity index (χ4n) is 5.84. The lowest BCUT2D eigenvalue weighted by molar-refractivity contribution is -0.841. The number of quaternary nitrogens is 1. The first-order chi connectivity index (χ1) is 18.3. The molecular weight excluding hydrogens is 504 g/mol. The molecule has 5 rings (SSSR count). The van der Waals surface area contributed by atoms with E-state index in [4.69, 9.17) is 21.4 Å². The summed E-state index contributed by atoms with van der Waals surface area (Å²) in [5.74, 6) is 0.266. The molecule has 2 heterocycles. The monoisotopic (exact) mass is 535 g/mol. The molecule has 2 amide bonds. The lowest BCUT2D eigenvalue weighted by Crippen LogP contribution is -2.59. The lowest BCUT2D eigenvalue weighted by Gasteiger charge is -2.43. The highest BCUT2D eigenvalue weighted by Crippen LogP contribution is 2.42. The van der Waals surface area contributed by atoms with E-state index in [1.165, 1.54) is 0 Å². The summed E-state index contributed by atoms with van der Waals surface area (Å²) in [6, 6.07) is 16.7. The minimum atomic E-state index is -1.35. The van der Waals surface area contributed by atoms with Gasteiger partial charge >= 0.3 is 12.2 Å². The first-order valence-electron chi connectivity index (χ1n) is 12.9. The summed E-state index contributed by atoms with van der Waals surface area (Å²) >= 11 is 6.68. The van der Waals surface area contributed by atoms with Crippen LogP contribution >= 0.6 is 11.6 Å². The first-order valence-corrected chi connectivity index (χ1v) is 13.2. The molecular formula is C29H32ClN4O4+. The number of carboxylic acid groups (broad SMARTS) is 1. The fourth-order valence-corrected chi connectivity index (χ4v) is 6.07. The number of piperidine rings is 1. The zero-order valence-electron chi connectivity index (χ0n) is 21.6. The molecule has 2 aliphatic rings. The number of para-hydroxylation sites is 1. The van der Waals surface area contributed by atoms with E-state index in [0.717, 1.165) is 55.6 Å². The van der Waals surface area contributed by atoms with Crippen LogP contribution in [0.1, 0.15) is 36.4 Å². The molecule has 8 nitrogen and oxygen atoms in total. The second kappa shape index (κ2) is 10.6. The van der Waals surface area contributed by atoms with Gasteiger partial charge in [0, 0.05) is 49.2 Å². The fraction of sp³-hybridized carbons (Fsp3) is 0.345. The van der Waals surface area contributed by atoms with Gasteiger partial charge < -0.3 is 14.7 Å². The number of aryl methyl sites for hydroxylation is 1. The molecule has 9 heteroatoms. The van der Waals surface area contributed by atoms with Gasteiger partial charge in [-0.3, -0.25) is 9.88 Å². The second-order valence-corrected chi connectivity index (χ2v) is 10.8. The number of carbonyl (C=O) groups is 2. The van der Waals surface area contributed by atoms with Gasteiger partial charge in [0.15, 0.2) is 0 Å². The van der Waals surface area contributed by atoms with Crippen LogP contribution in [0, 0.1) is 0 Å². The van der Waals surface area contributed by atoms with Crippen LogP contribution in [0.15, 0.2) is 67.0 Å². The molecule has 1 N–H and O–H groups in total. The number of fused-ring (bicyclic) bond motifs is 1. The number of halogens is 1. The maximum absolute atomic E-state index is 14.5. The summed E-state index contributed by atoms with van der Waals surface area (Å²) in [4.78, 5) is 34.0. The van der Waals surface area contributed by atoms with Crippen molar-refractivity contribution in [2.75, 3.05) is 37.0 Å². The molecule has 38 heavy (non-hydrogen) atoms. The van der Waals surface area contributed by atoms with E-state index < -0.39 is 6.16 Å². The summed E-state index contributed by atoms with van der Waals surface area (Å²) in [5, 5.41) is 9.63. The van der Waals surface area contributed by atoms with E-state index in [-0.39, 0.29) is 28.3 Å². The van der Waals surface area contributed by atoms with Crippen LogP contribution in [0.2, 0.25) is 5.02 Å². The average Bonchev–Trinajstić information content (AvgIpc) is 3.34. The number of rotatable bonds is 5. The minimum Gasteiger partial charge on any atom is -0.449 e. The largest absolute Gasteiger partial charge is 0.511 e. The van der Waals surface area contributed by atoms with E-state index in [1.807, 2.05) is 61.5 Å². The summed E-state index contributed by atoms with van der Waals surface area (Å²) in [5.41, 5.74) is 3.91. The molecule has 1 fully saturated rings. The highest BCUT2D eigenvalue weighted by atomic mass is 35.5. The maximum atomic E-state index is 14.5. The molecule has 1 aliphatic heterocycles. The number of hydrogen-bond acceptors (Lipinski definition) is 5. The van der Waals surface area contributed by atoms with Crippen LogP contribution in [-0.4, -0.2) is 60.0 Å². The molecule has 198 valence electrons. The molecule has 3 aromatic rings. The van der Waals surface area contributed by atoms with Crippen molar-refractivity contribution in [2.45, 2.75) is 37.8 Å². The molecule has 0 spiro atoms. The predicted molar refractivity (Wildman–Crippen MR) is 147 cm³/mol. The van der Waals surface area contributed by atoms with Crippen LogP contribution in [0.4, 0.5) is 21.0 Å². The standard InChI is InChI=1S/C29H31ClN4O4/c1-34(2,27-10-8-20-7-9-23(19-24(20)27)38-29(36)37)28(35)33(26-6-4-3-5-25(26)30)22-13-17-32(18-14-22)21-11-15-31-16-12-21/h3-7,9,11-12,15-16,19,22,27H,8,10,13-14,17-18H2,1-2H3/p+1. The topological polar surface area (TPSA) is 83.0 Å². The Labute approximate surface area is 227 Å². The number of anilines is 2. The Morgan fingerprint density at radius 3 is 2.45 bits per heavy atom. The summed E-state index contributed by atoms with van der Waals surface area (Å²) in [7, 11) is 3.87. The highest BCUT2D eigenvalue weighted by molar-refractivity contribution is 6.33. The number of carbonyl (C=O) groups excluding carboxylic acids is 1. The molecule has 1 atom stereocenters. The van der Waals surface area contributed by atoms with E-state index in [2.05, 4.69) is 9.88 Å². The molecule has 0 bridgehead atoms. The number of aromatic nitrogens is 1. The van der Waals surface area contributed by atoms with E-state index >= 15 is 0 Å². The Bertz CT molecular complexity index is 1330. The Morgan fingerprint density at radius 2 is 1.76 bits per heavy atom. The Balaban J connectivity index is 1.44. The van der Waals surface area contributed by atoms with Gasteiger partial charge in [0.25, 0.3) is 0 Å². The Hall–Kier alpha value is -3.62. The van der Waals surface area contributed by atoms with Crippen molar-refractivity contribution in [3.05, 3.63) is 83.1 Å². The van der Waals surface area contributed by atoms with Crippen molar-refractivity contribution in [3.8, 4) is 5.75 Å². The van der Waals surface area contributed by atoms with Gasteiger partial charge in [-0.25, -0.2) is 14.1 Å². The van der Waals surface area contributed by atoms with Gasteiger partial charge in [-0.2, -0.15) is 0 Å². The van der Waals surface area contributed by atoms with Crippen LogP contribution in [0.3, 0.4) is 0 Å². The van der Waals surface area contributed by atoms with Gasteiger partial charge in [-0.15, -0.1) is 0 Å². The SMILES string of the molecule is C[N+](C)(C(=O)N(c1ccccc1Cl)C1CCN(c2ccncc2)CC1)C1CCc2ccc(OC(=O)O)cc21. The third-order valence-corrected chi connectivity index (χ3v) is 8.14. The Kier molecular flexibility index (Phi) is 7.27. The van der Waals surface area contributed by atoms with Gasteiger partial charge in [0.05, 0.1) is 24.8 Å². The third kappa shape index (κ3) is 5.06. The molecule has 0 saturated carbocycles. The number of urea groups is 1. The van der Waals surface area contributed by atoms with Crippen molar-refractivity contribution in [2.24, 2.45) is 0 Å². The first kappa shape index (κ1) is 26.0. The van der Waals surface area contributed by atoms with E-state index in [0.29, 0.717) is 10.7 Å². The van der Waals surface area contributed by atoms with Crippen molar-refractivity contribution in [3.63, 3.8) is 0 Å². The van der Waals surface area contributed by atoms with Crippen molar-refractivity contribution in [1.82, 2.24) is 4.98 Å². The van der Waals surface area contributed by atoms with Crippen LogP contribution in [0.25, 0.3) is 0 Å². The van der Waals surface area contributed by atoms with E-state index in [9.17, 15) is 9.59 Å². The van der Waals surface area contributed by atoms with Gasteiger partial charge in [-0.05, 0) is 61.2 Å². The Morgan fingerprint density at radius 1 is 1.05 bits per heavy atom. The van der Waals surface area contributed by atoms with Crippen LogP contribution < -0.4 is 14.5 Å². The van der Waals surface area contributed by atoms with Gasteiger partial charge in [0.2, 0.25) is 0 Å². The average molecular weight is 536 g/mol. The third-order valence-electron chi connectivity index (χ3n) is 7.82. The minimum absolute atomic E-state index is 0.0135. The van der Waals surface area contributed by atoms with E-state index in [1.54, 1.807) is 24.5 Å². The zero-order chi connectivity index (χ0) is 26.9. The number of amides is 2. The number of pyridine rings is 1. The summed E-state index contributed by atoms with van der Waals surface area (Å²) < 4.78 is 5.01.